The predicted molar refractivity (Wildman–Crippen MR) is 44.0 cm³/mol. The summed E-state index contributed by atoms with van der Waals surface area (Å²) in [4.78, 5) is 10.9. The zero-order valence-corrected chi connectivity index (χ0v) is 6.88. The largest absolute Gasteiger partial charge is 0.460 e. The second kappa shape index (κ2) is 5.92. The van der Waals surface area contributed by atoms with Crippen LogP contribution >= 0.6 is 0 Å². The Kier molecular flexibility index (Phi) is 5.47. The molecule has 64 valence electrons. The van der Waals surface area contributed by atoms with Crippen LogP contribution in [0.25, 0.3) is 0 Å². The molecule has 3 nitrogen and oxygen atoms in total. The Morgan fingerprint density at radius 2 is 2.45 bits per heavy atom. The Bertz CT molecular complexity index is 134. The van der Waals surface area contributed by atoms with Crippen molar-refractivity contribution in [2.45, 2.75) is 25.8 Å². The molecule has 3 heteroatoms. The lowest BCUT2D eigenvalue weighted by Crippen LogP contribution is -2.31. The predicted octanol–water partition coefficient (Wildman–Crippen LogP) is 0.843. The van der Waals surface area contributed by atoms with Crippen molar-refractivity contribution in [2.75, 3.05) is 6.61 Å². The quantitative estimate of drug-likeness (QED) is 0.475. The number of hydrogen-bond acceptors (Lipinski definition) is 3. The summed E-state index contributed by atoms with van der Waals surface area (Å²) in [6.07, 6.45) is 3.09. The van der Waals surface area contributed by atoms with E-state index in [4.69, 9.17) is 10.5 Å². The van der Waals surface area contributed by atoms with E-state index >= 15 is 0 Å². The Balaban J connectivity index is 3.54. The van der Waals surface area contributed by atoms with Crippen molar-refractivity contribution in [3.05, 3.63) is 12.7 Å². The molecule has 0 radical (unpaired) electrons. The summed E-state index contributed by atoms with van der Waals surface area (Å²) in [5.74, 6) is -0.341. The van der Waals surface area contributed by atoms with Crippen molar-refractivity contribution < 1.29 is 9.53 Å². The van der Waals surface area contributed by atoms with Crippen LogP contribution in [0.2, 0.25) is 0 Å². The third-order valence-electron chi connectivity index (χ3n) is 1.25. The highest BCUT2D eigenvalue weighted by Gasteiger charge is 2.12. The summed E-state index contributed by atoms with van der Waals surface area (Å²) in [6, 6.07) is -0.472. The first-order valence-electron chi connectivity index (χ1n) is 3.75. The molecule has 1 atom stereocenters. The maximum absolute atomic E-state index is 10.9. The number of carbonyl (C=O) groups is 1. The van der Waals surface area contributed by atoms with Gasteiger partial charge in [-0.15, -0.1) is 0 Å². The number of esters is 1. The van der Waals surface area contributed by atoms with Crippen LogP contribution in [0.4, 0.5) is 0 Å². The van der Waals surface area contributed by atoms with Gasteiger partial charge in [-0.25, -0.2) is 0 Å². The average Bonchev–Trinajstić information content (AvgIpc) is 2.00. The molecule has 0 saturated carbocycles. The topological polar surface area (TPSA) is 52.3 Å². The second-order valence-electron chi connectivity index (χ2n) is 2.31. The van der Waals surface area contributed by atoms with Crippen LogP contribution in [-0.4, -0.2) is 18.6 Å². The van der Waals surface area contributed by atoms with Gasteiger partial charge in [-0.05, 0) is 6.42 Å². The van der Waals surface area contributed by atoms with Crippen molar-refractivity contribution >= 4 is 5.97 Å². The lowest BCUT2D eigenvalue weighted by molar-refractivity contribution is -0.144. The van der Waals surface area contributed by atoms with E-state index < -0.39 is 6.04 Å². The Morgan fingerprint density at radius 1 is 1.82 bits per heavy atom. The molecule has 0 aromatic carbocycles. The van der Waals surface area contributed by atoms with Crippen molar-refractivity contribution in [3.63, 3.8) is 0 Å². The van der Waals surface area contributed by atoms with E-state index in [1.807, 2.05) is 6.92 Å². The van der Waals surface area contributed by atoms with Gasteiger partial charge in [0.25, 0.3) is 0 Å². The Labute approximate surface area is 67.2 Å². The molecule has 0 aliphatic rings. The lowest BCUT2D eigenvalue weighted by atomic mass is 10.2. The average molecular weight is 157 g/mol. The van der Waals surface area contributed by atoms with E-state index in [0.717, 1.165) is 6.42 Å². The molecule has 0 saturated heterocycles. The first-order valence-corrected chi connectivity index (χ1v) is 3.75. The van der Waals surface area contributed by atoms with Crippen LogP contribution in [-0.2, 0) is 9.53 Å². The van der Waals surface area contributed by atoms with Gasteiger partial charge in [-0.3, -0.25) is 4.79 Å². The molecule has 0 fully saturated rings. The van der Waals surface area contributed by atoms with E-state index in [1.165, 1.54) is 6.08 Å². The van der Waals surface area contributed by atoms with E-state index in [2.05, 4.69) is 6.58 Å². The number of nitrogens with two attached hydrogens (primary N) is 1. The highest BCUT2D eigenvalue weighted by Crippen LogP contribution is 1.95. The molecule has 0 heterocycles. The molecule has 11 heavy (non-hydrogen) atoms. The summed E-state index contributed by atoms with van der Waals surface area (Å²) < 4.78 is 4.72. The van der Waals surface area contributed by atoms with Crippen LogP contribution in [0.3, 0.4) is 0 Å². The molecule has 0 aromatic heterocycles. The van der Waals surface area contributed by atoms with Crippen molar-refractivity contribution in [2.24, 2.45) is 5.73 Å². The minimum absolute atomic E-state index is 0.246. The summed E-state index contributed by atoms with van der Waals surface area (Å²) in [7, 11) is 0. The van der Waals surface area contributed by atoms with E-state index in [-0.39, 0.29) is 12.6 Å². The molecular weight excluding hydrogens is 142 g/mol. The van der Waals surface area contributed by atoms with Crippen LogP contribution < -0.4 is 5.73 Å². The SMILES string of the molecule is C=CCOC(=O)C(N)CCC. The fourth-order valence-corrected chi connectivity index (χ4v) is 0.677. The molecule has 0 aliphatic heterocycles. The van der Waals surface area contributed by atoms with Crippen LogP contribution in [0, 0.1) is 0 Å². The Morgan fingerprint density at radius 3 is 2.91 bits per heavy atom. The summed E-state index contributed by atoms with van der Waals surface area (Å²) in [6.45, 7) is 5.64. The summed E-state index contributed by atoms with van der Waals surface area (Å²) in [5.41, 5.74) is 5.46. The molecule has 1 unspecified atom stereocenters. The zero-order valence-electron chi connectivity index (χ0n) is 6.88. The zero-order chi connectivity index (χ0) is 8.69. The maximum atomic E-state index is 10.9. The standard InChI is InChI=1S/C8H15NO2/c1-3-5-7(9)8(10)11-6-4-2/h4,7H,2-3,5-6,9H2,1H3. The monoisotopic (exact) mass is 157 g/mol. The minimum Gasteiger partial charge on any atom is -0.460 e. The molecule has 0 rings (SSSR count). The van der Waals surface area contributed by atoms with Gasteiger partial charge >= 0.3 is 5.97 Å². The Hall–Kier alpha value is -0.830. The summed E-state index contributed by atoms with van der Waals surface area (Å²) in [5, 5.41) is 0. The first kappa shape index (κ1) is 10.2. The normalized spacial score (nSPS) is 12.2. The molecular formula is C8H15NO2. The highest BCUT2D eigenvalue weighted by atomic mass is 16.5. The fourth-order valence-electron chi connectivity index (χ4n) is 0.677. The van der Waals surface area contributed by atoms with Crippen molar-refractivity contribution in [3.8, 4) is 0 Å². The lowest BCUT2D eigenvalue weighted by Gasteiger charge is -2.07. The third kappa shape index (κ3) is 4.56. The molecule has 0 aliphatic carbocycles. The molecule has 0 bridgehead atoms. The van der Waals surface area contributed by atoms with Crippen molar-refractivity contribution in [1.82, 2.24) is 0 Å². The molecule has 0 spiro atoms. The van der Waals surface area contributed by atoms with Gasteiger partial charge in [0, 0.05) is 0 Å². The van der Waals surface area contributed by atoms with E-state index in [0.29, 0.717) is 6.42 Å². The van der Waals surface area contributed by atoms with Gasteiger partial charge < -0.3 is 10.5 Å². The van der Waals surface area contributed by atoms with Gasteiger partial charge in [0.15, 0.2) is 0 Å². The minimum atomic E-state index is -0.472. The smallest absolute Gasteiger partial charge is 0.323 e. The second-order valence-corrected chi connectivity index (χ2v) is 2.31. The molecule has 0 amide bonds. The third-order valence-corrected chi connectivity index (χ3v) is 1.25. The van der Waals surface area contributed by atoms with Crippen LogP contribution in [0.1, 0.15) is 19.8 Å². The summed E-state index contributed by atoms with van der Waals surface area (Å²) >= 11 is 0. The van der Waals surface area contributed by atoms with Gasteiger partial charge in [-0.2, -0.15) is 0 Å². The van der Waals surface area contributed by atoms with Gasteiger partial charge in [0.2, 0.25) is 0 Å². The van der Waals surface area contributed by atoms with E-state index in [9.17, 15) is 4.79 Å². The molecule has 0 aromatic rings. The number of ether oxygens (including phenoxy) is 1. The van der Waals surface area contributed by atoms with Crippen LogP contribution in [0.5, 0.6) is 0 Å². The maximum Gasteiger partial charge on any atom is 0.323 e. The van der Waals surface area contributed by atoms with E-state index in [1.54, 1.807) is 0 Å². The highest BCUT2D eigenvalue weighted by molar-refractivity contribution is 5.75. The molecule has 2 N–H and O–H groups in total. The van der Waals surface area contributed by atoms with Crippen LogP contribution in [0.15, 0.2) is 12.7 Å². The van der Waals surface area contributed by atoms with Gasteiger partial charge in [-0.1, -0.05) is 26.0 Å². The number of carbonyl (C=O) groups excluding carboxylic acids is 1. The van der Waals surface area contributed by atoms with Gasteiger partial charge in [0.05, 0.1) is 0 Å². The first-order chi connectivity index (χ1) is 5.22. The van der Waals surface area contributed by atoms with Gasteiger partial charge in [0.1, 0.15) is 12.6 Å². The number of hydrogen-bond donors (Lipinski definition) is 1. The fraction of sp³-hybridized carbons (Fsp3) is 0.625. The number of rotatable bonds is 5. The van der Waals surface area contributed by atoms with Crippen molar-refractivity contribution in [1.29, 1.82) is 0 Å².